The van der Waals surface area contributed by atoms with Gasteiger partial charge in [-0.3, -0.25) is 0 Å². The van der Waals surface area contributed by atoms with Crippen molar-refractivity contribution in [3.8, 4) is 5.75 Å². The van der Waals surface area contributed by atoms with Crippen molar-refractivity contribution in [3.05, 3.63) is 58.6 Å². The zero-order chi connectivity index (χ0) is 19.3. The van der Waals surface area contributed by atoms with E-state index < -0.39 is 40.0 Å². The van der Waals surface area contributed by atoms with Crippen molar-refractivity contribution < 1.29 is 31.8 Å². The van der Waals surface area contributed by atoms with Crippen molar-refractivity contribution in [2.24, 2.45) is 0 Å². The molecular weight excluding hydrogens is 392 g/mol. The van der Waals surface area contributed by atoms with E-state index in [9.17, 15) is 22.0 Å². The summed E-state index contributed by atoms with van der Waals surface area (Å²) in [5, 5.41) is 8.86. The van der Waals surface area contributed by atoms with Crippen molar-refractivity contribution in [1.29, 1.82) is 0 Å². The normalized spacial score (nSPS) is 11.3. The predicted octanol–water partition coefficient (Wildman–Crippen LogP) is 2.60. The van der Waals surface area contributed by atoms with Gasteiger partial charge in [-0.1, -0.05) is 11.6 Å². The molecule has 2 aromatic rings. The number of sulfonamides is 1. The summed E-state index contributed by atoms with van der Waals surface area (Å²) in [6, 6.07) is 7.03. The van der Waals surface area contributed by atoms with Gasteiger partial charge in [0.05, 0.1) is 4.90 Å². The highest BCUT2D eigenvalue weighted by atomic mass is 35.5. The van der Waals surface area contributed by atoms with E-state index in [1.807, 2.05) is 0 Å². The predicted molar refractivity (Wildman–Crippen MR) is 89.8 cm³/mol. The number of rotatable bonds is 8. The fraction of sp³-hybridized carbons (Fsp3) is 0.188. The van der Waals surface area contributed by atoms with E-state index in [0.29, 0.717) is 5.02 Å². The first-order chi connectivity index (χ1) is 12.2. The molecule has 0 saturated carbocycles. The molecule has 2 aromatic carbocycles. The maximum absolute atomic E-state index is 14.0. The fourth-order valence-electron chi connectivity index (χ4n) is 2.03. The number of halogens is 3. The first kappa shape index (κ1) is 20.1. The minimum absolute atomic E-state index is 0.00836. The van der Waals surface area contributed by atoms with Crippen LogP contribution in [0, 0.1) is 11.6 Å². The molecule has 0 atom stereocenters. The third-order valence-electron chi connectivity index (χ3n) is 3.26. The molecule has 0 saturated heterocycles. The van der Waals surface area contributed by atoms with E-state index >= 15 is 0 Å². The van der Waals surface area contributed by atoms with Crippen LogP contribution in [0.5, 0.6) is 5.75 Å². The lowest BCUT2D eigenvalue weighted by atomic mass is 10.1. The Morgan fingerprint density at radius 1 is 1.15 bits per heavy atom. The Kier molecular flexibility index (Phi) is 6.52. The molecule has 0 radical (unpaired) electrons. The van der Waals surface area contributed by atoms with E-state index in [2.05, 4.69) is 9.46 Å². The quantitative estimate of drug-likeness (QED) is 0.704. The van der Waals surface area contributed by atoms with Gasteiger partial charge in [0.15, 0.2) is 18.2 Å². The van der Waals surface area contributed by atoms with Gasteiger partial charge in [-0.05, 0) is 42.3 Å². The molecule has 2 N–H and O–H groups in total. The summed E-state index contributed by atoms with van der Waals surface area (Å²) < 4.78 is 58.8. The number of ether oxygens (including phenoxy) is 1. The van der Waals surface area contributed by atoms with Gasteiger partial charge in [0.1, 0.15) is 5.82 Å². The van der Waals surface area contributed by atoms with Gasteiger partial charge in [-0.15, -0.1) is 0 Å². The molecular formula is C16H14ClF2NO5S. The molecule has 0 unspecified atom stereocenters. The van der Waals surface area contributed by atoms with Crippen LogP contribution in [-0.2, 0) is 21.2 Å². The lowest BCUT2D eigenvalue weighted by Gasteiger charge is -2.10. The molecule has 0 fully saturated rings. The molecule has 2 rings (SSSR count). The Bertz CT molecular complexity index is 904. The minimum atomic E-state index is -3.81. The number of aliphatic carboxylic acids is 1. The first-order valence-electron chi connectivity index (χ1n) is 7.27. The van der Waals surface area contributed by atoms with Gasteiger partial charge in [0, 0.05) is 17.6 Å². The van der Waals surface area contributed by atoms with Crippen LogP contribution >= 0.6 is 11.6 Å². The monoisotopic (exact) mass is 405 g/mol. The Labute approximate surface area is 153 Å². The molecule has 0 spiro atoms. The highest BCUT2D eigenvalue weighted by Gasteiger charge is 2.15. The van der Waals surface area contributed by atoms with E-state index in [1.54, 1.807) is 0 Å². The number of benzene rings is 2. The maximum atomic E-state index is 14.0. The van der Waals surface area contributed by atoms with Gasteiger partial charge >= 0.3 is 5.97 Å². The van der Waals surface area contributed by atoms with Crippen LogP contribution in [0.25, 0.3) is 0 Å². The number of hydrogen-bond acceptors (Lipinski definition) is 4. The van der Waals surface area contributed by atoms with Gasteiger partial charge in [0.25, 0.3) is 0 Å². The van der Waals surface area contributed by atoms with Crippen LogP contribution in [0.4, 0.5) is 8.78 Å². The van der Waals surface area contributed by atoms with Crippen molar-refractivity contribution in [2.75, 3.05) is 13.2 Å². The Morgan fingerprint density at radius 2 is 1.81 bits per heavy atom. The summed E-state index contributed by atoms with van der Waals surface area (Å²) in [6.07, 6.45) is -0.116. The van der Waals surface area contributed by atoms with Crippen LogP contribution in [0.3, 0.4) is 0 Å². The van der Waals surface area contributed by atoms with Crippen molar-refractivity contribution in [1.82, 2.24) is 4.72 Å². The van der Waals surface area contributed by atoms with Gasteiger partial charge in [-0.2, -0.15) is 0 Å². The third-order valence-corrected chi connectivity index (χ3v) is 4.99. The summed E-state index contributed by atoms with van der Waals surface area (Å²) in [5.74, 6) is -3.64. The van der Waals surface area contributed by atoms with Crippen LogP contribution < -0.4 is 9.46 Å². The van der Waals surface area contributed by atoms with Crippen LogP contribution in [0.1, 0.15) is 5.56 Å². The molecule has 0 aliphatic rings. The lowest BCUT2D eigenvalue weighted by molar-refractivity contribution is -0.139. The maximum Gasteiger partial charge on any atom is 0.341 e. The summed E-state index contributed by atoms with van der Waals surface area (Å²) in [5.41, 5.74) is -0.0796. The molecule has 0 aliphatic heterocycles. The second-order valence-electron chi connectivity index (χ2n) is 5.16. The minimum Gasteiger partial charge on any atom is -0.479 e. The van der Waals surface area contributed by atoms with Gasteiger partial charge in [-0.25, -0.2) is 26.7 Å². The number of carboxylic acids is 1. The SMILES string of the molecule is O=C(O)COc1cc(F)c(CCNS(=O)(=O)c2ccc(Cl)cc2)cc1F. The molecule has 140 valence electrons. The van der Waals surface area contributed by atoms with E-state index in [-0.39, 0.29) is 23.4 Å². The summed E-state index contributed by atoms with van der Waals surface area (Å²) in [4.78, 5) is 10.4. The smallest absolute Gasteiger partial charge is 0.341 e. The standard InChI is InChI=1S/C16H14ClF2NO5S/c17-11-1-3-12(4-2-11)26(23,24)20-6-5-10-7-14(19)15(8-13(10)18)25-9-16(21)22/h1-4,7-8,20H,5-6,9H2,(H,21,22). The molecule has 0 aliphatic carbocycles. The average Bonchev–Trinajstić information content (AvgIpc) is 2.56. The Hall–Kier alpha value is -2.23. The van der Waals surface area contributed by atoms with Crippen LogP contribution in [-0.4, -0.2) is 32.6 Å². The zero-order valence-corrected chi connectivity index (χ0v) is 14.8. The molecule has 0 bridgehead atoms. The van der Waals surface area contributed by atoms with Crippen LogP contribution in [0.2, 0.25) is 5.02 Å². The number of carbonyl (C=O) groups is 1. The average molecular weight is 406 g/mol. The number of carboxylic acid groups (broad SMARTS) is 1. The summed E-state index contributed by atoms with van der Waals surface area (Å²) in [6.45, 7) is -0.979. The highest BCUT2D eigenvalue weighted by molar-refractivity contribution is 7.89. The first-order valence-corrected chi connectivity index (χ1v) is 9.13. The fourth-order valence-corrected chi connectivity index (χ4v) is 3.19. The topological polar surface area (TPSA) is 92.7 Å². The Balaban J connectivity index is 2.02. The van der Waals surface area contributed by atoms with Crippen molar-refractivity contribution in [3.63, 3.8) is 0 Å². The van der Waals surface area contributed by atoms with E-state index in [1.165, 1.54) is 24.3 Å². The molecule has 0 amide bonds. The largest absolute Gasteiger partial charge is 0.479 e. The van der Waals surface area contributed by atoms with Crippen molar-refractivity contribution >= 4 is 27.6 Å². The van der Waals surface area contributed by atoms with E-state index in [0.717, 1.165) is 12.1 Å². The summed E-state index contributed by atoms with van der Waals surface area (Å²) in [7, 11) is -3.81. The van der Waals surface area contributed by atoms with Gasteiger partial charge in [0.2, 0.25) is 10.0 Å². The third kappa shape index (κ3) is 5.38. The molecule has 6 nitrogen and oxygen atoms in total. The second kappa shape index (κ2) is 8.43. The molecule has 26 heavy (non-hydrogen) atoms. The zero-order valence-electron chi connectivity index (χ0n) is 13.2. The Morgan fingerprint density at radius 3 is 2.42 bits per heavy atom. The van der Waals surface area contributed by atoms with E-state index in [4.69, 9.17) is 16.7 Å². The highest BCUT2D eigenvalue weighted by Crippen LogP contribution is 2.22. The molecule has 0 aromatic heterocycles. The second-order valence-corrected chi connectivity index (χ2v) is 7.36. The van der Waals surface area contributed by atoms with Crippen molar-refractivity contribution in [2.45, 2.75) is 11.3 Å². The number of hydrogen-bond donors (Lipinski definition) is 2. The lowest BCUT2D eigenvalue weighted by Crippen LogP contribution is -2.26. The molecule has 0 heterocycles. The van der Waals surface area contributed by atoms with Crippen LogP contribution in [0.15, 0.2) is 41.3 Å². The van der Waals surface area contributed by atoms with Gasteiger partial charge < -0.3 is 9.84 Å². The summed E-state index contributed by atoms with van der Waals surface area (Å²) >= 11 is 5.70. The molecule has 10 heteroatoms. The number of nitrogens with one attached hydrogen (secondary N) is 1.